The summed E-state index contributed by atoms with van der Waals surface area (Å²) in [5.74, 6) is -0.146. The van der Waals surface area contributed by atoms with Crippen molar-refractivity contribution in [3.63, 3.8) is 0 Å². The second-order valence-corrected chi connectivity index (χ2v) is 3.90. The summed E-state index contributed by atoms with van der Waals surface area (Å²) in [6.45, 7) is 4.20. The fourth-order valence-electron chi connectivity index (χ4n) is 1.34. The first kappa shape index (κ1) is 14.7. The van der Waals surface area contributed by atoms with Crippen LogP contribution in [0.2, 0.25) is 0 Å². The van der Waals surface area contributed by atoms with Crippen LogP contribution in [-0.2, 0) is 4.79 Å². The summed E-state index contributed by atoms with van der Waals surface area (Å²) >= 11 is 0. The van der Waals surface area contributed by atoms with Crippen LogP contribution in [0.4, 0.5) is 0 Å². The molecule has 0 saturated heterocycles. The van der Waals surface area contributed by atoms with Gasteiger partial charge in [0.1, 0.15) is 5.84 Å². The molecule has 1 amide bonds. The van der Waals surface area contributed by atoms with E-state index < -0.39 is 0 Å². The highest BCUT2D eigenvalue weighted by Gasteiger charge is 2.12. The quantitative estimate of drug-likeness (QED) is 0.277. The van der Waals surface area contributed by atoms with Gasteiger partial charge >= 0.3 is 0 Å². The van der Waals surface area contributed by atoms with Crippen molar-refractivity contribution in [1.82, 2.24) is 9.80 Å². The van der Waals surface area contributed by atoms with Crippen molar-refractivity contribution in [2.75, 3.05) is 33.7 Å². The molecular weight excluding hydrogens is 208 g/mol. The van der Waals surface area contributed by atoms with Gasteiger partial charge in [0.25, 0.3) is 0 Å². The number of nitrogens with two attached hydrogens (primary N) is 1. The largest absolute Gasteiger partial charge is 0.409 e. The summed E-state index contributed by atoms with van der Waals surface area (Å²) in [4.78, 5) is 15.4. The summed E-state index contributed by atoms with van der Waals surface area (Å²) in [5.41, 5.74) is 5.29. The molecule has 0 aliphatic rings. The summed E-state index contributed by atoms with van der Waals surface area (Å²) < 4.78 is 0. The molecule has 0 aliphatic heterocycles. The Hall–Kier alpha value is -1.30. The molecule has 0 aromatic rings. The average molecular weight is 230 g/mol. The van der Waals surface area contributed by atoms with E-state index in [0.29, 0.717) is 13.1 Å². The van der Waals surface area contributed by atoms with Gasteiger partial charge in [-0.25, -0.2) is 0 Å². The Bertz CT molecular complexity index is 241. The van der Waals surface area contributed by atoms with Gasteiger partial charge in [-0.2, -0.15) is 0 Å². The molecule has 0 heterocycles. The lowest BCUT2D eigenvalue weighted by Crippen LogP contribution is -2.35. The second-order valence-electron chi connectivity index (χ2n) is 3.90. The Labute approximate surface area is 96.7 Å². The molecule has 3 N–H and O–H groups in total. The van der Waals surface area contributed by atoms with Crippen LogP contribution >= 0.6 is 0 Å². The van der Waals surface area contributed by atoms with Crippen LogP contribution in [0.3, 0.4) is 0 Å². The molecule has 16 heavy (non-hydrogen) atoms. The molecule has 0 bridgehead atoms. The molecule has 6 nitrogen and oxygen atoms in total. The van der Waals surface area contributed by atoms with Crippen molar-refractivity contribution in [3.05, 3.63) is 0 Å². The molecule has 0 rings (SSSR count). The molecule has 0 aromatic heterocycles. The minimum absolute atomic E-state index is 0.0215. The zero-order valence-corrected chi connectivity index (χ0v) is 10.3. The number of amides is 1. The Balaban J connectivity index is 4.02. The first-order valence-corrected chi connectivity index (χ1v) is 5.40. The maximum atomic E-state index is 11.7. The summed E-state index contributed by atoms with van der Waals surface area (Å²) in [7, 11) is 3.99. The Morgan fingerprint density at radius 2 is 2.00 bits per heavy atom. The molecule has 0 spiro atoms. The summed E-state index contributed by atoms with van der Waals surface area (Å²) in [5, 5.41) is 11.2. The standard InChI is InChI=1S/C10H22N4O2/c1-4-14(7-5-6-13(2)3)10(15)8-9(11)12-16/h16H,4-8H2,1-3H3,(H2,11,12). The van der Waals surface area contributed by atoms with Crippen LogP contribution in [0.1, 0.15) is 19.8 Å². The summed E-state index contributed by atoms with van der Waals surface area (Å²) in [6, 6.07) is 0. The Morgan fingerprint density at radius 1 is 1.38 bits per heavy atom. The van der Waals surface area contributed by atoms with Crippen molar-refractivity contribution in [2.45, 2.75) is 19.8 Å². The van der Waals surface area contributed by atoms with E-state index in [9.17, 15) is 4.79 Å². The molecule has 0 atom stereocenters. The van der Waals surface area contributed by atoms with Crippen molar-refractivity contribution >= 4 is 11.7 Å². The monoisotopic (exact) mass is 230 g/mol. The van der Waals surface area contributed by atoms with Crippen LogP contribution in [-0.4, -0.2) is 60.5 Å². The van der Waals surface area contributed by atoms with E-state index in [4.69, 9.17) is 10.9 Å². The predicted molar refractivity (Wildman–Crippen MR) is 63.5 cm³/mol. The zero-order chi connectivity index (χ0) is 12.6. The van der Waals surface area contributed by atoms with Gasteiger partial charge in [0.15, 0.2) is 0 Å². The SMILES string of the molecule is CCN(CCCN(C)C)C(=O)CC(N)=NO. The molecule has 94 valence electrons. The van der Waals surface area contributed by atoms with Gasteiger partial charge in [-0.05, 0) is 34.0 Å². The maximum Gasteiger partial charge on any atom is 0.230 e. The fourth-order valence-corrected chi connectivity index (χ4v) is 1.34. The van der Waals surface area contributed by atoms with Crippen LogP contribution in [0.5, 0.6) is 0 Å². The van der Waals surface area contributed by atoms with Gasteiger partial charge in [0.2, 0.25) is 5.91 Å². The third-order valence-electron chi connectivity index (χ3n) is 2.23. The number of carbonyl (C=O) groups is 1. The highest BCUT2D eigenvalue weighted by molar-refractivity contribution is 5.98. The molecule has 0 radical (unpaired) electrons. The number of amidine groups is 1. The molecule has 0 unspecified atom stereocenters. The lowest BCUT2D eigenvalue weighted by Gasteiger charge is -2.21. The lowest BCUT2D eigenvalue weighted by molar-refractivity contribution is -0.129. The van der Waals surface area contributed by atoms with Crippen LogP contribution in [0.15, 0.2) is 5.16 Å². The van der Waals surface area contributed by atoms with Crippen LogP contribution < -0.4 is 5.73 Å². The molecular formula is C10H22N4O2. The Kier molecular flexibility index (Phi) is 7.28. The number of carbonyl (C=O) groups excluding carboxylic acids is 1. The van der Waals surface area contributed by atoms with Crippen LogP contribution in [0, 0.1) is 0 Å². The van der Waals surface area contributed by atoms with Gasteiger partial charge in [0, 0.05) is 13.1 Å². The minimum atomic E-state index is -0.100. The van der Waals surface area contributed by atoms with E-state index in [0.717, 1.165) is 13.0 Å². The number of hydrogen-bond donors (Lipinski definition) is 2. The predicted octanol–water partition coefficient (Wildman–Crippen LogP) is -0.0769. The second kappa shape index (κ2) is 7.92. The van der Waals surface area contributed by atoms with E-state index in [-0.39, 0.29) is 18.2 Å². The highest BCUT2D eigenvalue weighted by atomic mass is 16.4. The third kappa shape index (κ3) is 6.23. The van der Waals surface area contributed by atoms with Gasteiger partial charge in [-0.1, -0.05) is 5.16 Å². The van der Waals surface area contributed by atoms with Crippen LogP contribution in [0.25, 0.3) is 0 Å². The maximum absolute atomic E-state index is 11.7. The number of nitrogens with zero attached hydrogens (tertiary/aromatic N) is 3. The third-order valence-corrected chi connectivity index (χ3v) is 2.23. The summed E-state index contributed by atoms with van der Waals surface area (Å²) in [6.07, 6.45) is 0.898. The van der Waals surface area contributed by atoms with Gasteiger partial charge < -0.3 is 20.7 Å². The Morgan fingerprint density at radius 3 is 2.44 bits per heavy atom. The minimum Gasteiger partial charge on any atom is -0.409 e. The smallest absolute Gasteiger partial charge is 0.230 e. The lowest BCUT2D eigenvalue weighted by atomic mass is 10.3. The first-order valence-electron chi connectivity index (χ1n) is 5.40. The van der Waals surface area contributed by atoms with E-state index in [1.165, 1.54) is 0 Å². The van der Waals surface area contributed by atoms with Crippen molar-refractivity contribution in [3.8, 4) is 0 Å². The number of oxime groups is 1. The van der Waals surface area contributed by atoms with Gasteiger partial charge in [0.05, 0.1) is 6.42 Å². The number of hydrogen-bond acceptors (Lipinski definition) is 4. The molecule has 6 heteroatoms. The molecule has 0 aliphatic carbocycles. The van der Waals surface area contributed by atoms with Gasteiger partial charge in [-0.3, -0.25) is 4.79 Å². The molecule has 0 saturated carbocycles. The normalized spacial score (nSPS) is 11.9. The van der Waals surface area contributed by atoms with E-state index in [1.807, 2.05) is 21.0 Å². The number of rotatable bonds is 7. The first-order chi connectivity index (χ1) is 7.51. The zero-order valence-electron chi connectivity index (χ0n) is 10.3. The van der Waals surface area contributed by atoms with E-state index in [2.05, 4.69) is 10.1 Å². The topological polar surface area (TPSA) is 82.2 Å². The van der Waals surface area contributed by atoms with Crippen molar-refractivity contribution in [1.29, 1.82) is 0 Å². The molecule has 0 aromatic carbocycles. The van der Waals surface area contributed by atoms with Gasteiger partial charge in [-0.15, -0.1) is 0 Å². The highest BCUT2D eigenvalue weighted by Crippen LogP contribution is 1.97. The van der Waals surface area contributed by atoms with E-state index in [1.54, 1.807) is 4.90 Å². The van der Waals surface area contributed by atoms with E-state index >= 15 is 0 Å². The van der Waals surface area contributed by atoms with Crippen molar-refractivity contribution in [2.24, 2.45) is 10.9 Å². The molecule has 0 fully saturated rings. The average Bonchev–Trinajstić information content (AvgIpc) is 2.23. The fraction of sp³-hybridized carbons (Fsp3) is 0.800. The van der Waals surface area contributed by atoms with Crippen molar-refractivity contribution < 1.29 is 10.0 Å².